The fourth-order valence-electron chi connectivity index (χ4n) is 2.52. The summed E-state index contributed by atoms with van der Waals surface area (Å²) in [6.45, 7) is 2.64. The number of anilines is 1. The van der Waals surface area contributed by atoms with Crippen molar-refractivity contribution in [1.82, 2.24) is 10.2 Å². The van der Waals surface area contributed by atoms with Gasteiger partial charge in [-0.1, -0.05) is 0 Å². The van der Waals surface area contributed by atoms with E-state index in [1.165, 1.54) is 25.1 Å². The molecule has 1 saturated heterocycles. The van der Waals surface area contributed by atoms with Gasteiger partial charge in [-0.15, -0.1) is 12.4 Å². The summed E-state index contributed by atoms with van der Waals surface area (Å²) >= 11 is 0. The predicted octanol–water partition coefficient (Wildman–Crippen LogP) is 2.03. The number of piperidine rings is 1. The molecule has 2 rings (SSSR count). The van der Waals surface area contributed by atoms with Gasteiger partial charge in [0.25, 0.3) is 5.91 Å². The molecule has 1 heterocycles. The first kappa shape index (κ1) is 18.4. The Bertz CT molecular complexity index is 554. The van der Waals surface area contributed by atoms with Crippen LogP contribution in [0.25, 0.3) is 0 Å². The highest BCUT2D eigenvalue weighted by molar-refractivity contribution is 5.97. The molecule has 1 aliphatic rings. The lowest BCUT2D eigenvalue weighted by atomic mass is 10.0. The van der Waals surface area contributed by atoms with Crippen LogP contribution in [0, 0.1) is 5.82 Å². The number of hydrogen-bond donors (Lipinski definition) is 2. The fourth-order valence-corrected chi connectivity index (χ4v) is 2.52. The highest BCUT2D eigenvalue weighted by Crippen LogP contribution is 2.19. The molecule has 22 heavy (non-hydrogen) atoms. The van der Waals surface area contributed by atoms with Crippen LogP contribution in [0.15, 0.2) is 18.2 Å². The highest BCUT2D eigenvalue weighted by Gasteiger charge is 2.24. The average Bonchev–Trinajstić information content (AvgIpc) is 2.48. The number of amides is 2. The number of nitrogens with one attached hydrogen (secondary N) is 2. The van der Waals surface area contributed by atoms with E-state index < -0.39 is 5.82 Å². The number of halogens is 2. The van der Waals surface area contributed by atoms with Crippen molar-refractivity contribution in [2.75, 3.05) is 25.5 Å². The van der Waals surface area contributed by atoms with E-state index in [1.807, 2.05) is 7.05 Å². The van der Waals surface area contributed by atoms with E-state index in [-0.39, 0.29) is 36.0 Å². The molecule has 0 saturated carbocycles. The second kappa shape index (κ2) is 8.10. The largest absolute Gasteiger partial charge is 0.337 e. The van der Waals surface area contributed by atoms with Crippen molar-refractivity contribution in [3.8, 4) is 0 Å². The molecule has 1 fully saturated rings. The van der Waals surface area contributed by atoms with Crippen LogP contribution in [0.2, 0.25) is 0 Å². The minimum absolute atomic E-state index is 0. The summed E-state index contributed by atoms with van der Waals surface area (Å²) in [5.74, 6) is -1.05. The van der Waals surface area contributed by atoms with Crippen LogP contribution in [0.4, 0.5) is 10.1 Å². The number of carbonyl (C=O) groups excluding carboxylic acids is 2. The van der Waals surface area contributed by atoms with E-state index in [2.05, 4.69) is 10.6 Å². The van der Waals surface area contributed by atoms with Crippen molar-refractivity contribution in [1.29, 1.82) is 0 Å². The van der Waals surface area contributed by atoms with E-state index in [4.69, 9.17) is 0 Å². The van der Waals surface area contributed by atoms with Crippen LogP contribution in [0.3, 0.4) is 0 Å². The standard InChI is InChI=1S/C15H20FN3O2.ClH/c1-10(20)18-14-8-11(5-6-13(14)16)15(21)19-7-3-4-12(9-19)17-2;/h5-6,8,12,17H,3-4,7,9H2,1-2H3,(H,18,20);1H. The molecule has 1 aromatic rings. The number of benzene rings is 1. The lowest BCUT2D eigenvalue weighted by Crippen LogP contribution is -2.46. The molecule has 0 radical (unpaired) electrons. The smallest absolute Gasteiger partial charge is 0.253 e. The van der Waals surface area contributed by atoms with Gasteiger partial charge in [-0.2, -0.15) is 0 Å². The predicted molar refractivity (Wildman–Crippen MR) is 85.9 cm³/mol. The summed E-state index contributed by atoms with van der Waals surface area (Å²) < 4.78 is 13.6. The molecule has 1 atom stereocenters. The Morgan fingerprint density at radius 1 is 1.36 bits per heavy atom. The number of likely N-dealkylation sites (N-methyl/N-ethyl adjacent to an activating group) is 1. The van der Waals surface area contributed by atoms with Gasteiger partial charge in [0.1, 0.15) is 5.82 Å². The van der Waals surface area contributed by atoms with Gasteiger partial charge in [0.15, 0.2) is 0 Å². The summed E-state index contributed by atoms with van der Waals surface area (Å²) in [4.78, 5) is 25.3. The van der Waals surface area contributed by atoms with E-state index in [9.17, 15) is 14.0 Å². The summed E-state index contributed by atoms with van der Waals surface area (Å²) in [5, 5.41) is 5.57. The summed E-state index contributed by atoms with van der Waals surface area (Å²) in [7, 11) is 1.88. The number of nitrogens with zero attached hydrogens (tertiary/aromatic N) is 1. The van der Waals surface area contributed by atoms with Gasteiger partial charge >= 0.3 is 0 Å². The van der Waals surface area contributed by atoms with Gasteiger partial charge in [-0.3, -0.25) is 9.59 Å². The van der Waals surface area contributed by atoms with Crippen molar-refractivity contribution in [2.24, 2.45) is 0 Å². The maximum atomic E-state index is 13.6. The number of likely N-dealkylation sites (tertiary alicyclic amines) is 1. The van der Waals surface area contributed by atoms with E-state index in [0.717, 1.165) is 12.8 Å². The Kier molecular flexibility index (Phi) is 6.77. The van der Waals surface area contributed by atoms with E-state index >= 15 is 0 Å². The average molecular weight is 330 g/mol. The van der Waals surface area contributed by atoms with Crippen LogP contribution < -0.4 is 10.6 Å². The monoisotopic (exact) mass is 329 g/mol. The second-order valence-electron chi connectivity index (χ2n) is 5.25. The normalized spacial score (nSPS) is 17.6. The van der Waals surface area contributed by atoms with Crippen molar-refractivity contribution < 1.29 is 14.0 Å². The molecule has 2 N–H and O–H groups in total. The molecule has 0 spiro atoms. The summed E-state index contributed by atoms with van der Waals surface area (Å²) in [6, 6.07) is 4.34. The Hall–Kier alpha value is -1.66. The van der Waals surface area contributed by atoms with Crippen LogP contribution in [-0.4, -0.2) is 42.9 Å². The van der Waals surface area contributed by atoms with E-state index in [1.54, 1.807) is 4.90 Å². The second-order valence-corrected chi connectivity index (χ2v) is 5.25. The van der Waals surface area contributed by atoms with Crippen LogP contribution >= 0.6 is 12.4 Å². The third-order valence-corrected chi connectivity index (χ3v) is 3.64. The van der Waals surface area contributed by atoms with Crippen molar-refractivity contribution in [3.63, 3.8) is 0 Å². The Morgan fingerprint density at radius 3 is 2.73 bits per heavy atom. The van der Waals surface area contributed by atoms with Gasteiger partial charge < -0.3 is 15.5 Å². The molecule has 1 aliphatic heterocycles. The number of rotatable bonds is 3. The lowest BCUT2D eigenvalue weighted by molar-refractivity contribution is -0.114. The van der Waals surface area contributed by atoms with Gasteiger partial charge in [0.2, 0.25) is 5.91 Å². The molecule has 1 aromatic carbocycles. The summed E-state index contributed by atoms with van der Waals surface area (Å²) in [5.41, 5.74) is 0.424. The van der Waals surface area contributed by atoms with Gasteiger partial charge in [-0.05, 0) is 38.1 Å². The minimum atomic E-state index is -0.548. The van der Waals surface area contributed by atoms with Crippen molar-refractivity contribution in [2.45, 2.75) is 25.8 Å². The molecule has 0 aromatic heterocycles. The minimum Gasteiger partial charge on any atom is -0.337 e. The number of carbonyl (C=O) groups is 2. The number of hydrogen-bond acceptors (Lipinski definition) is 3. The topological polar surface area (TPSA) is 61.4 Å². The Labute approximate surface area is 135 Å². The first-order valence-corrected chi connectivity index (χ1v) is 7.05. The zero-order valence-electron chi connectivity index (χ0n) is 12.7. The maximum absolute atomic E-state index is 13.6. The molecule has 5 nitrogen and oxygen atoms in total. The van der Waals surface area contributed by atoms with E-state index in [0.29, 0.717) is 18.7 Å². The molecule has 7 heteroatoms. The Balaban J connectivity index is 0.00000242. The molecule has 122 valence electrons. The van der Waals surface area contributed by atoms with Crippen molar-refractivity contribution >= 4 is 29.9 Å². The first-order valence-electron chi connectivity index (χ1n) is 7.05. The zero-order chi connectivity index (χ0) is 15.4. The quantitative estimate of drug-likeness (QED) is 0.892. The third kappa shape index (κ3) is 4.42. The molecule has 2 amide bonds. The van der Waals surface area contributed by atoms with Crippen LogP contribution in [-0.2, 0) is 4.79 Å². The molecule has 0 bridgehead atoms. The van der Waals surface area contributed by atoms with Gasteiger partial charge in [-0.25, -0.2) is 4.39 Å². The molecule has 0 aliphatic carbocycles. The lowest BCUT2D eigenvalue weighted by Gasteiger charge is -2.32. The fraction of sp³-hybridized carbons (Fsp3) is 0.467. The van der Waals surface area contributed by atoms with Crippen LogP contribution in [0.5, 0.6) is 0 Å². The first-order chi connectivity index (χ1) is 10.0. The van der Waals surface area contributed by atoms with Gasteiger partial charge in [0.05, 0.1) is 5.69 Å². The maximum Gasteiger partial charge on any atom is 0.253 e. The molecular weight excluding hydrogens is 309 g/mol. The highest BCUT2D eigenvalue weighted by atomic mass is 35.5. The third-order valence-electron chi connectivity index (χ3n) is 3.64. The summed E-state index contributed by atoms with van der Waals surface area (Å²) in [6.07, 6.45) is 1.98. The van der Waals surface area contributed by atoms with Crippen molar-refractivity contribution in [3.05, 3.63) is 29.6 Å². The zero-order valence-corrected chi connectivity index (χ0v) is 13.5. The SMILES string of the molecule is CNC1CCCN(C(=O)c2ccc(F)c(NC(C)=O)c2)C1.Cl. The molecular formula is C15H21ClFN3O2. The van der Waals surface area contributed by atoms with Gasteiger partial charge in [0, 0.05) is 31.6 Å². The molecule has 1 unspecified atom stereocenters. The van der Waals surface area contributed by atoms with Crippen LogP contribution in [0.1, 0.15) is 30.1 Å². The Morgan fingerprint density at radius 2 is 2.09 bits per heavy atom.